The fourth-order valence-electron chi connectivity index (χ4n) is 11.5. The lowest BCUT2D eigenvalue weighted by molar-refractivity contribution is -0.148. The van der Waals surface area contributed by atoms with E-state index in [-0.39, 0.29) is 75.1 Å². The maximum Gasteiger partial charge on any atom is 0.410 e. The van der Waals surface area contributed by atoms with E-state index in [1.54, 1.807) is 82.1 Å². The van der Waals surface area contributed by atoms with Gasteiger partial charge in [0.1, 0.15) is 35.8 Å². The lowest BCUT2D eigenvalue weighted by atomic mass is 9.89. The van der Waals surface area contributed by atoms with Crippen LogP contribution in [0, 0.1) is 29.6 Å². The van der Waals surface area contributed by atoms with Crippen molar-refractivity contribution in [1.29, 1.82) is 0 Å². The molecule has 1 fully saturated rings. The van der Waals surface area contributed by atoms with Crippen molar-refractivity contribution in [1.82, 2.24) is 46.3 Å². The number of nitrogens with two attached hydrogens (primary N) is 2. The van der Waals surface area contributed by atoms with Gasteiger partial charge in [-0.1, -0.05) is 111 Å². The van der Waals surface area contributed by atoms with Gasteiger partial charge in [0.05, 0.1) is 49.3 Å². The minimum absolute atomic E-state index is 0.0223. The first-order valence-corrected chi connectivity index (χ1v) is 33.0. The third-order valence-electron chi connectivity index (χ3n) is 16.9. The number of ether oxygens (including phenoxy) is 4. The number of primary amides is 1. The molecule has 3 aromatic rings. The number of urea groups is 1. The van der Waals surface area contributed by atoms with Crippen LogP contribution in [0.2, 0.25) is 0 Å². The summed E-state index contributed by atoms with van der Waals surface area (Å²) in [5.74, 6) is -4.92. The average Bonchev–Trinajstić information content (AvgIpc) is 1.35. The monoisotopic (exact) mass is 1300 g/mol. The standard InChI is InChI=1S/C66H104N12O13S/c1-14-43(8)57(51(88-12)38-53(80)78-33-19-24-50(78)58(89-13)44(9)59(81)73-49(63-69-32-36-92-63)37-45-21-16-15-17-22-45)76(10)64(85)55(41(4)5)75-62(84)56(42(6)7)77(11)66(87)91-39-46-25-27-47(28-26-46)71-60(82)48(23-18-31-70-65(68)86)72-61(83)54(40(2)3)74-52(79)29-35-90-34-20-30-67/h15-17,21-22,25-28,32,36,40-44,48-51,54-58H,14,18-20,23-24,29-31,33-35,37-39,67H2,1-13H3,(H,71,82)(H,72,83)(H,73,81)(H,74,79)(H,75,84)(H3,68,70,86)/t43-,44+,48-,49-,50-,51+,54-,55-,56-,57-,58+/m0/s1. The van der Waals surface area contributed by atoms with Crippen molar-refractivity contribution < 1.29 is 62.1 Å². The summed E-state index contributed by atoms with van der Waals surface area (Å²) in [7, 11) is 6.18. The van der Waals surface area contributed by atoms with Crippen molar-refractivity contribution in [2.75, 3.05) is 66.5 Å². The molecular formula is C66H104N12O13S. The van der Waals surface area contributed by atoms with E-state index in [0.29, 0.717) is 63.1 Å². The van der Waals surface area contributed by atoms with Crippen molar-refractivity contribution in [3.63, 3.8) is 0 Å². The van der Waals surface area contributed by atoms with Crippen molar-refractivity contribution in [3.05, 3.63) is 82.3 Å². The van der Waals surface area contributed by atoms with E-state index >= 15 is 0 Å². The van der Waals surface area contributed by atoms with E-state index in [2.05, 4.69) is 36.9 Å². The fraction of sp³-hybridized carbons (Fsp3) is 0.636. The molecule has 10 amide bonds. The number of methoxy groups -OCH3 is 2. The highest BCUT2D eigenvalue weighted by Crippen LogP contribution is 2.31. The largest absolute Gasteiger partial charge is 0.445 e. The van der Waals surface area contributed by atoms with Crippen LogP contribution in [0.15, 0.2) is 66.2 Å². The Labute approximate surface area is 547 Å². The number of carbonyl (C=O) groups excluding carboxylic acids is 9. The first kappa shape index (κ1) is 77.2. The number of amides is 10. The number of nitrogens with zero attached hydrogens (tertiary/aromatic N) is 4. The molecule has 92 heavy (non-hydrogen) atoms. The number of carbonyl (C=O) groups is 9. The second-order valence-corrected chi connectivity index (χ2v) is 25.7. The fourth-order valence-corrected chi connectivity index (χ4v) is 12.2. The second kappa shape index (κ2) is 39.3. The Morgan fingerprint density at radius 1 is 0.761 bits per heavy atom. The molecule has 0 spiro atoms. The van der Waals surface area contributed by atoms with Crippen LogP contribution in [-0.2, 0) is 65.5 Å². The normalized spacial score (nSPS) is 16.4. The summed E-state index contributed by atoms with van der Waals surface area (Å²) in [6.45, 7) is 17.9. The summed E-state index contributed by atoms with van der Waals surface area (Å²) in [6, 6.07) is 10.1. The molecule has 512 valence electrons. The Morgan fingerprint density at radius 2 is 1.45 bits per heavy atom. The zero-order valence-corrected chi connectivity index (χ0v) is 57.0. The molecule has 25 nitrogen and oxygen atoms in total. The van der Waals surface area contributed by atoms with Crippen molar-refractivity contribution in [2.45, 2.75) is 181 Å². The van der Waals surface area contributed by atoms with Crippen LogP contribution in [0.1, 0.15) is 136 Å². The quantitative estimate of drug-likeness (QED) is 0.0319. The highest BCUT2D eigenvalue weighted by atomic mass is 32.1. The maximum atomic E-state index is 14.9. The molecule has 0 unspecified atom stereocenters. The number of nitrogens with one attached hydrogen (secondary N) is 6. The van der Waals surface area contributed by atoms with Crippen LogP contribution >= 0.6 is 11.3 Å². The molecule has 0 saturated carbocycles. The summed E-state index contributed by atoms with van der Waals surface area (Å²) in [5.41, 5.74) is 12.7. The van der Waals surface area contributed by atoms with Crippen LogP contribution in [-0.4, -0.2) is 183 Å². The van der Waals surface area contributed by atoms with Gasteiger partial charge in [0.2, 0.25) is 41.4 Å². The first-order valence-electron chi connectivity index (χ1n) is 32.1. The van der Waals surface area contributed by atoms with E-state index in [1.165, 1.54) is 30.4 Å². The van der Waals surface area contributed by atoms with Gasteiger partial charge in [-0.25, -0.2) is 14.6 Å². The summed E-state index contributed by atoms with van der Waals surface area (Å²) in [4.78, 5) is 132. The number of hydrogen-bond acceptors (Lipinski definition) is 16. The first-order chi connectivity index (χ1) is 43.8. The molecule has 0 aliphatic carbocycles. The van der Waals surface area contributed by atoms with Crippen molar-refractivity contribution >= 4 is 70.5 Å². The highest BCUT2D eigenvalue weighted by molar-refractivity contribution is 7.09. The molecule has 26 heteroatoms. The van der Waals surface area contributed by atoms with Gasteiger partial charge in [-0.05, 0) is 92.0 Å². The average molecular weight is 1310 g/mol. The SMILES string of the molecule is CC[C@H](C)[C@@H]([C@@H](CC(=O)N1CCC[C@H]1[C@H](OC)[C@@H](C)C(=O)N[C@@H](Cc1ccccc1)c1nccs1)OC)N(C)C(=O)[C@@H](NC(=O)[C@H](C(C)C)N(C)C(=O)OCc1ccc(NC(=O)[C@H](CCCNC(N)=O)NC(=O)[C@@H](NC(=O)CCOCCCN)C(C)C)cc1)C(C)C. The molecular weight excluding hydrogens is 1200 g/mol. The van der Waals surface area contributed by atoms with Gasteiger partial charge in [-0.3, -0.25) is 38.5 Å². The van der Waals surface area contributed by atoms with E-state index < -0.39 is 108 Å². The van der Waals surface area contributed by atoms with E-state index in [9.17, 15) is 43.2 Å². The van der Waals surface area contributed by atoms with Crippen LogP contribution in [0.3, 0.4) is 0 Å². The Hall–Kier alpha value is -7.26. The number of likely N-dealkylation sites (tertiary alicyclic amines) is 1. The van der Waals surface area contributed by atoms with Gasteiger partial charge in [-0.2, -0.15) is 0 Å². The number of anilines is 1. The summed E-state index contributed by atoms with van der Waals surface area (Å²) >= 11 is 1.47. The summed E-state index contributed by atoms with van der Waals surface area (Å²) in [5, 5.41) is 19.6. The minimum Gasteiger partial charge on any atom is -0.445 e. The molecule has 1 aliphatic heterocycles. The van der Waals surface area contributed by atoms with Crippen molar-refractivity contribution in [3.8, 4) is 0 Å². The van der Waals surface area contributed by atoms with Crippen LogP contribution in [0.5, 0.6) is 0 Å². The molecule has 2 heterocycles. The number of hydrogen-bond donors (Lipinski definition) is 8. The van der Waals surface area contributed by atoms with Gasteiger partial charge < -0.3 is 72.1 Å². The third kappa shape index (κ3) is 23.7. The predicted octanol–water partition coefficient (Wildman–Crippen LogP) is 5.67. The Kier molecular flexibility index (Phi) is 33.0. The lowest BCUT2D eigenvalue weighted by Gasteiger charge is -2.41. The molecule has 2 aromatic carbocycles. The van der Waals surface area contributed by atoms with Crippen LogP contribution in [0.25, 0.3) is 0 Å². The maximum absolute atomic E-state index is 14.9. The smallest absolute Gasteiger partial charge is 0.410 e. The van der Waals surface area contributed by atoms with Gasteiger partial charge in [0.25, 0.3) is 0 Å². The second-order valence-electron chi connectivity index (χ2n) is 24.8. The Balaban J connectivity index is 1.40. The zero-order chi connectivity index (χ0) is 68.2. The van der Waals surface area contributed by atoms with Gasteiger partial charge in [-0.15, -0.1) is 11.3 Å². The van der Waals surface area contributed by atoms with Crippen molar-refractivity contribution in [2.24, 2.45) is 41.1 Å². The van der Waals surface area contributed by atoms with E-state index in [4.69, 9.17) is 30.4 Å². The van der Waals surface area contributed by atoms with Gasteiger partial charge in [0, 0.05) is 71.7 Å². The highest BCUT2D eigenvalue weighted by Gasteiger charge is 2.44. The minimum atomic E-state index is -1.08. The molecule has 1 saturated heterocycles. The topological polar surface area (TPSA) is 337 Å². The molecule has 11 atom stereocenters. The number of benzene rings is 2. The molecule has 1 aliphatic rings. The predicted molar refractivity (Wildman–Crippen MR) is 352 cm³/mol. The van der Waals surface area contributed by atoms with E-state index in [1.807, 2.05) is 70.3 Å². The van der Waals surface area contributed by atoms with Crippen LogP contribution in [0.4, 0.5) is 15.3 Å². The summed E-state index contributed by atoms with van der Waals surface area (Å²) in [6.07, 6.45) is 3.03. The lowest BCUT2D eigenvalue weighted by Crippen LogP contribution is -2.60. The number of likely N-dealkylation sites (N-methyl/N-ethyl adjacent to an activating group) is 2. The molecule has 0 bridgehead atoms. The van der Waals surface area contributed by atoms with Gasteiger partial charge in [0.15, 0.2) is 0 Å². The Morgan fingerprint density at radius 3 is 2.03 bits per heavy atom. The number of rotatable bonds is 39. The van der Waals surface area contributed by atoms with E-state index in [0.717, 1.165) is 10.6 Å². The van der Waals surface area contributed by atoms with Gasteiger partial charge >= 0.3 is 12.1 Å². The number of thiazole rings is 1. The Bertz CT molecular complexity index is 2800. The third-order valence-corrected chi connectivity index (χ3v) is 17.7. The number of aromatic nitrogens is 1. The zero-order valence-electron chi connectivity index (χ0n) is 56.2. The molecule has 0 radical (unpaired) electrons. The molecule has 1 aromatic heterocycles. The van der Waals surface area contributed by atoms with Crippen LogP contribution < -0.4 is 43.4 Å². The molecule has 10 N–H and O–H groups in total. The molecule has 4 rings (SSSR count). The summed E-state index contributed by atoms with van der Waals surface area (Å²) < 4.78 is 23.3.